The number of carbonyl (C=O) groups is 1. The summed E-state index contributed by atoms with van der Waals surface area (Å²) >= 11 is 0.926. The van der Waals surface area contributed by atoms with Gasteiger partial charge >= 0.3 is 0 Å². The lowest BCUT2D eigenvalue weighted by Crippen LogP contribution is -1.93. The zero-order valence-electron chi connectivity index (χ0n) is 12.4. The molecule has 0 radical (unpaired) electrons. The summed E-state index contributed by atoms with van der Waals surface area (Å²) in [7, 11) is 0. The molecule has 116 valence electrons. The van der Waals surface area contributed by atoms with Crippen molar-refractivity contribution < 1.29 is 9.21 Å². The molecule has 0 spiro atoms. The van der Waals surface area contributed by atoms with Gasteiger partial charge in [0.25, 0.3) is 5.22 Å². The molecule has 2 heterocycles. The Morgan fingerprint density at radius 2 is 1.71 bits per heavy atom. The molecule has 0 atom stereocenters. The van der Waals surface area contributed by atoms with Crippen LogP contribution in [0.4, 0.5) is 0 Å². The monoisotopic (exact) mass is 333 g/mol. The smallest absolute Gasteiger partial charge is 0.284 e. The van der Waals surface area contributed by atoms with Crippen molar-refractivity contribution in [3.63, 3.8) is 0 Å². The predicted molar refractivity (Wildman–Crippen MR) is 91.7 cm³/mol. The van der Waals surface area contributed by atoms with Crippen LogP contribution in [0, 0.1) is 0 Å². The molecule has 0 unspecified atom stereocenters. The van der Waals surface area contributed by atoms with E-state index in [1.54, 1.807) is 30.6 Å². The van der Waals surface area contributed by atoms with Crippen molar-refractivity contribution in [3.8, 4) is 11.5 Å². The van der Waals surface area contributed by atoms with Crippen LogP contribution in [0.3, 0.4) is 0 Å². The minimum Gasteiger partial charge on any atom is -0.411 e. The van der Waals surface area contributed by atoms with E-state index >= 15 is 0 Å². The molecule has 6 heteroatoms. The van der Waals surface area contributed by atoms with Gasteiger partial charge in [0.15, 0.2) is 0 Å². The minimum atomic E-state index is -0.134. The Morgan fingerprint density at radius 1 is 0.917 bits per heavy atom. The Kier molecular flexibility index (Phi) is 3.80. The maximum absolute atomic E-state index is 12.4. The number of benzene rings is 2. The summed E-state index contributed by atoms with van der Waals surface area (Å²) in [6.45, 7) is 0. The van der Waals surface area contributed by atoms with Gasteiger partial charge in [0.05, 0.1) is 0 Å². The molecule has 0 saturated carbocycles. The highest BCUT2D eigenvalue weighted by Crippen LogP contribution is 2.26. The van der Waals surface area contributed by atoms with Gasteiger partial charge in [-0.05, 0) is 35.0 Å². The van der Waals surface area contributed by atoms with E-state index in [2.05, 4.69) is 15.2 Å². The average molecular weight is 333 g/mol. The Bertz CT molecular complexity index is 1010. The molecule has 24 heavy (non-hydrogen) atoms. The molecule has 0 aliphatic carbocycles. The molecule has 0 fully saturated rings. The van der Waals surface area contributed by atoms with Gasteiger partial charge in [0, 0.05) is 35.3 Å². The first-order valence-corrected chi connectivity index (χ1v) is 8.06. The molecular formula is C18H11N3O2S. The van der Waals surface area contributed by atoms with Crippen molar-refractivity contribution in [1.82, 2.24) is 15.2 Å². The van der Waals surface area contributed by atoms with E-state index in [-0.39, 0.29) is 10.3 Å². The highest BCUT2D eigenvalue weighted by atomic mass is 32.2. The van der Waals surface area contributed by atoms with E-state index in [1.807, 2.05) is 36.4 Å². The van der Waals surface area contributed by atoms with Gasteiger partial charge in [0.2, 0.25) is 11.0 Å². The lowest BCUT2D eigenvalue weighted by Gasteiger charge is -2.01. The molecule has 0 saturated heterocycles. The molecule has 0 aliphatic heterocycles. The fourth-order valence-corrected chi connectivity index (χ4v) is 2.92. The quantitative estimate of drug-likeness (QED) is 0.523. The van der Waals surface area contributed by atoms with Gasteiger partial charge in [0.1, 0.15) is 0 Å². The first kappa shape index (κ1) is 14.6. The van der Waals surface area contributed by atoms with Crippen molar-refractivity contribution in [2.45, 2.75) is 5.22 Å². The van der Waals surface area contributed by atoms with E-state index in [4.69, 9.17) is 4.42 Å². The van der Waals surface area contributed by atoms with E-state index < -0.39 is 0 Å². The standard InChI is InChI=1S/C18H11N3O2S/c22-17(15-6-5-12-3-1-2-4-14(12)11-15)24-18-21-20-16(23-18)13-7-9-19-10-8-13/h1-11H. The van der Waals surface area contributed by atoms with E-state index in [0.717, 1.165) is 28.1 Å². The summed E-state index contributed by atoms with van der Waals surface area (Å²) in [6.07, 6.45) is 3.29. The third kappa shape index (κ3) is 2.91. The number of pyridine rings is 1. The number of rotatable bonds is 3. The highest BCUT2D eigenvalue weighted by Gasteiger charge is 2.15. The lowest BCUT2D eigenvalue weighted by atomic mass is 10.1. The SMILES string of the molecule is O=C(Sc1nnc(-c2ccncc2)o1)c1ccc2ccccc2c1. The molecule has 0 aliphatic rings. The topological polar surface area (TPSA) is 68.9 Å². The summed E-state index contributed by atoms with van der Waals surface area (Å²) in [5, 5.41) is 10.1. The van der Waals surface area contributed by atoms with Crippen LogP contribution in [-0.2, 0) is 0 Å². The summed E-state index contributed by atoms with van der Waals surface area (Å²) in [5.41, 5.74) is 1.37. The molecule has 2 aromatic heterocycles. The number of aromatic nitrogens is 3. The molecule has 4 rings (SSSR count). The van der Waals surface area contributed by atoms with Gasteiger partial charge in [-0.1, -0.05) is 30.3 Å². The largest absolute Gasteiger partial charge is 0.411 e. The Labute approximate surface area is 141 Å². The van der Waals surface area contributed by atoms with Crippen molar-refractivity contribution in [2.24, 2.45) is 0 Å². The number of carbonyl (C=O) groups excluding carboxylic acids is 1. The number of nitrogens with zero attached hydrogens (tertiary/aromatic N) is 3. The third-order valence-corrected chi connectivity index (χ3v) is 4.26. The molecular weight excluding hydrogens is 322 g/mol. The second-order valence-electron chi connectivity index (χ2n) is 5.06. The maximum Gasteiger partial charge on any atom is 0.284 e. The van der Waals surface area contributed by atoms with Crippen molar-refractivity contribution in [2.75, 3.05) is 0 Å². The van der Waals surface area contributed by atoms with Crippen LogP contribution in [0.5, 0.6) is 0 Å². The van der Waals surface area contributed by atoms with Crippen LogP contribution in [0.2, 0.25) is 0 Å². The van der Waals surface area contributed by atoms with Crippen LogP contribution in [-0.4, -0.2) is 20.3 Å². The van der Waals surface area contributed by atoms with Crippen LogP contribution in [0.15, 0.2) is 76.6 Å². The summed E-state index contributed by atoms with van der Waals surface area (Å²) in [6, 6.07) is 17.0. The van der Waals surface area contributed by atoms with Crippen molar-refractivity contribution >= 4 is 27.6 Å². The van der Waals surface area contributed by atoms with Crippen LogP contribution in [0.1, 0.15) is 10.4 Å². The van der Waals surface area contributed by atoms with Gasteiger partial charge in [-0.3, -0.25) is 9.78 Å². The lowest BCUT2D eigenvalue weighted by molar-refractivity contribution is 0.108. The summed E-state index contributed by atoms with van der Waals surface area (Å²) in [4.78, 5) is 16.4. The van der Waals surface area contributed by atoms with E-state index in [0.29, 0.717) is 11.5 Å². The number of fused-ring (bicyclic) bond motifs is 1. The fourth-order valence-electron chi connectivity index (χ4n) is 2.32. The van der Waals surface area contributed by atoms with Gasteiger partial charge < -0.3 is 4.42 Å². The number of hydrogen-bond donors (Lipinski definition) is 0. The van der Waals surface area contributed by atoms with E-state index in [1.165, 1.54) is 0 Å². The molecule has 2 aromatic carbocycles. The highest BCUT2D eigenvalue weighted by molar-refractivity contribution is 8.14. The van der Waals surface area contributed by atoms with Gasteiger partial charge in [-0.2, -0.15) is 0 Å². The second kappa shape index (κ2) is 6.25. The van der Waals surface area contributed by atoms with Crippen LogP contribution in [0.25, 0.3) is 22.2 Å². The molecule has 5 nitrogen and oxygen atoms in total. The fraction of sp³-hybridized carbons (Fsp3) is 0. The Balaban J connectivity index is 1.56. The average Bonchev–Trinajstić information content (AvgIpc) is 3.10. The third-order valence-electron chi connectivity index (χ3n) is 3.50. The Morgan fingerprint density at radius 3 is 2.54 bits per heavy atom. The normalized spacial score (nSPS) is 10.8. The van der Waals surface area contributed by atoms with Crippen molar-refractivity contribution in [1.29, 1.82) is 0 Å². The first-order chi connectivity index (χ1) is 11.8. The molecule has 4 aromatic rings. The van der Waals surface area contributed by atoms with Crippen LogP contribution < -0.4 is 0 Å². The number of hydrogen-bond acceptors (Lipinski definition) is 6. The molecule has 0 bridgehead atoms. The molecule has 0 N–H and O–H groups in total. The number of thioether (sulfide) groups is 1. The second-order valence-corrected chi connectivity index (χ2v) is 5.98. The zero-order valence-corrected chi connectivity index (χ0v) is 13.2. The summed E-state index contributed by atoms with van der Waals surface area (Å²) < 4.78 is 5.54. The van der Waals surface area contributed by atoms with Crippen molar-refractivity contribution in [3.05, 3.63) is 72.6 Å². The van der Waals surface area contributed by atoms with Crippen LogP contribution >= 0.6 is 11.8 Å². The zero-order chi connectivity index (χ0) is 16.4. The van der Waals surface area contributed by atoms with Gasteiger partial charge in [-0.15, -0.1) is 10.2 Å². The maximum atomic E-state index is 12.4. The van der Waals surface area contributed by atoms with E-state index in [9.17, 15) is 4.79 Å². The summed E-state index contributed by atoms with van der Waals surface area (Å²) in [5.74, 6) is 0.367. The minimum absolute atomic E-state index is 0.134. The molecule has 0 amide bonds. The Hall–Kier alpha value is -2.99. The van der Waals surface area contributed by atoms with Gasteiger partial charge in [-0.25, -0.2) is 0 Å². The first-order valence-electron chi connectivity index (χ1n) is 7.24. The predicted octanol–water partition coefficient (Wildman–Crippen LogP) is 4.22.